The highest BCUT2D eigenvalue weighted by Crippen LogP contribution is 2.38. The number of amides is 1. The number of esters is 1. The van der Waals surface area contributed by atoms with Crippen molar-refractivity contribution in [3.63, 3.8) is 0 Å². The Labute approximate surface area is 190 Å². The summed E-state index contributed by atoms with van der Waals surface area (Å²) in [4.78, 5) is 27.4. The quantitative estimate of drug-likeness (QED) is 0.485. The Morgan fingerprint density at radius 3 is 2.48 bits per heavy atom. The molecule has 1 amide bonds. The van der Waals surface area contributed by atoms with E-state index in [1.54, 1.807) is 25.9 Å². The summed E-state index contributed by atoms with van der Waals surface area (Å²) in [7, 11) is 1.60. The number of hydrogen-bond acceptors (Lipinski definition) is 7. The summed E-state index contributed by atoms with van der Waals surface area (Å²) in [6.45, 7) is 4.98. The van der Waals surface area contributed by atoms with Gasteiger partial charge in [-0.25, -0.2) is 9.59 Å². The zero-order valence-corrected chi connectivity index (χ0v) is 19.3. The van der Waals surface area contributed by atoms with Gasteiger partial charge in [0, 0.05) is 17.1 Å². The second kappa shape index (κ2) is 10.5. The number of carbonyl (C=O) groups is 2. The van der Waals surface area contributed by atoms with Gasteiger partial charge in [-0.1, -0.05) is 0 Å². The van der Waals surface area contributed by atoms with Crippen LogP contribution in [0.4, 0.5) is 15.5 Å². The van der Waals surface area contributed by atoms with E-state index < -0.39 is 5.97 Å². The summed E-state index contributed by atoms with van der Waals surface area (Å²) in [5.74, 6) is 0.338. The number of rotatable bonds is 6. The summed E-state index contributed by atoms with van der Waals surface area (Å²) in [5.41, 5.74) is 2.15. The summed E-state index contributed by atoms with van der Waals surface area (Å²) < 4.78 is 15.5. The van der Waals surface area contributed by atoms with E-state index >= 15 is 0 Å². The van der Waals surface area contributed by atoms with Gasteiger partial charge >= 0.3 is 12.1 Å². The highest BCUT2D eigenvalue weighted by atomic mass is 32.1. The first-order valence-electron chi connectivity index (χ1n) is 9.92. The Hall–Kier alpha value is -2.85. The highest BCUT2D eigenvalue weighted by molar-refractivity contribution is 7.80. The van der Waals surface area contributed by atoms with E-state index in [1.807, 2.05) is 24.3 Å². The van der Waals surface area contributed by atoms with Crippen molar-refractivity contribution < 1.29 is 23.8 Å². The molecular formula is C21H25N3O5S2. The number of hydrogen-bond donors (Lipinski definition) is 2. The van der Waals surface area contributed by atoms with Crippen molar-refractivity contribution in [1.29, 1.82) is 0 Å². The van der Waals surface area contributed by atoms with E-state index in [2.05, 4.69) is 10.6 Å². The summed E-state index contributed by atoms with van der Waals surface area (Å²) in [5, 5.41) is 7.17. The minimum Gasteiger partial charge on any atom is -0.497 e. The maximum atomic E-state index is 12.7. The normalized spacial score (nSPS) is 12.5. The van der Waals surface area contributed by atoms with Crippen molar-refractivity contribution in [3.8, 4) is 5.75 Å². The molecule has 166 valence electrons. The third-order valence-corrected chi connectivity index (χ3v) is 5.97. The van der Waals surface area contributed by atoms with Crippen LogP contribution in [-0.4, -0.2) is 48.9 Å². The molecule has 1 aromatic heterocycles. The Balaban J connectivity index is 1.80. The fourth-order valence-electron chi connectivity index (χ4n) is 3.22. The molecule has 31 heavy (non-hydrogen) atoms. The summed E-state index contributed by atoms with van der Waals surface area (Å²) in [6.07, 6.45) is 0.185. The van der Waals surface area contributed by atoms with Crippen molar-refractivity contribution in [2.45, 2.75) is 26.8 Å². The molecule has 1 aromatic carbocycles. The average Bonchev–Trinajstić information content (AvgIpc) is 3.11. The Morgan fingerprint density at radius 2 is 1.84 bits per heavy atom. The molecule has 2 N–H and O–H groups in total. The molecule has 2 aromatic rings. The van der Waals surface area contributed by atoms with E-state index in [4.69, 9.17) is 26.4 Å². The molecule has 0 spiro atoms. The van der Waals surface area contributed by atoms with Crippen molar-refractivity contribution in [2.24, 2.45) is 0 Å². The monoisotopic (exact) mass is 463 g/mol. The third kappa shape index (κ3) is 5.45. The van der Waals surface area contributed by atoms with Crippen molar-refractivity contribution in [3.05, 3.63) is 40.3 Å². The number of fused-ring (bicyclic) bond motifs is 1. The van der Waals surface area contributed by atoms with Crippen LogP contribution in [0.3, 0.4) is 0 Å². The predicted molar refractivity (Wildman–Crippen MR) is 124 cm³/mol. The van der Waals surface area contributed by atoms with Crippen LogP contribution in [0.5, 0.6) is 5.75 Å². The lowest BCUT2D eigenvalue weighted by molar-refractivity contribution is 0.0526. The first-order valence-corrected chi connectivity index (χ1v) is 11.1. The van der Waals surface area contributed by atoms with Gasteiger partial charge in [-0.3, -0.25) is 0 Å². The zero-order valence-electron chi connectivity index (χ0n) is 17.6. The van der Waals surface area contributed by atoms with Crippen molar-refractivity contribution in [2.75, 3.05) is 37.5 Å². The third-order valence-electron chi connectivity index (χ3n) is 4.64. The van der Waals surface area contributed by atoms with E-state index in [0.29, 0.717) is 41.8 Å². The summed E-state index contributed by atoms with van der Waals surface area (Å²) >= 11 is 6.84. The topological polar surface area (TPSA) is 89.1 Å². The lowest BCUT2D eigenvalue weighted by Gasteiger charge is -2.26. The number of ether oxygens (including phenoxy) is 3. The number of anilines is 2. The van der Waals surface area contributed by atoms with Crippen LogP contribution in [0.1, 0.15) is 34.6 Å². The number of methoxy groups -OCH3 is 1. The van der Waals surface area contributed by atoms with Crippen LogP contribution in [0, 0.1) is 0 Å². The number of thiophene rings is 1. The van der Waals surface area contributed by atoms with Gasteiger partial charge in [0.2, 0.25) is 0 Å². The van der Waals surface area contributed by atoms with E-state index in [-0.39, 0.29) is 12.7 Å². The van der Waals surface area contributed by atoms with Crippen LogP contribution in [0.15, 0.2) is 24.3 Å². The second-order valence-corrected chi connectivity index (χ2v) is 8.12. The smallest absolute Gasteiger partial charge is 0.410 e. The molecule has 0 radical (unpaired) electrons. The van der Waals surface area contributed by atoms with E-state index in [0.717, 1.165) is 21.9 Å². The fraction of sp³-hybridized carbons (Fsp3) is 0.381. The summed E-state index contributed by atoms with van der Waals surface area (Å²) in [6, 6.07) is 7.33. The molecule has 0 unspecified atom stereocenters. The van der Waals surface area contributed by atoms with Gasteiger partial charge in [0.1, 0.15) is 10.8 Å². The van der Waals surface area contributed by atoms with Gasteiger partial charge in [0.15, 0.2) is 5.11 Å². The van der Waals surface area contributed by atoms with Crippen LogP contribution in [-0.2, 0) is 22.4 Å². The standard InChI is InChI=1S/C21H25N3O5S2/c1-4-28-19(25)17-15-10-11-24(21(26)29-5-2)12-16(15)31-18(17)23-20(30)22-13-6-8-14(27-3)9-7-13/h6-9H,4-5,10-12H2,1-3H3,(H2,22,23,30). The van der Waals surface area contributed by atoms with Crippen LogP contribution >= 0.6 is 23.6 Å². The van der Waals surface area contributed by atoms with E-state index in [9.17, 15) is 9.59 Å². The van der Waals surface area contributed by atoms with Gasteiger partial charge in [-0.2, -0.15) is 0 Å². The Morgan fingerprint density at radius 1 is 1.13 bits per heavy atom. The number of benzene rings is 1. The molecule has 1 aliphatic heterocycles. The minimum absolute atomic E-state index is 0.270. The fourth-order valence-corrected chi connectivity index (χ4v) is 4.76. The van der Waals surface area contributed by atoms with E-state index in [1.165, 1.54) is 11.3 Å². The molecular weight excluding hydrogens is 438 g/mol. The number of nitrogens with one attached hydrogen (secondary N) is 2. The van der Waals surface area contributed by atoms with Crippen LogP contribution < -0.4 is 15.4 Å². The van der Waals surface area contributed by atoms with Gasteiger partial charge in [-0.15, -0.1) is 11.3 Å². The van der Waals surface area contributed by atoms with Gasteiger partial charge in [0.05, 0.1) is 32.4 Å². The van der Waals surface area contributed by atoms with Crippen LogP contribution in [0.2, 0.25) is 0 Å². The van der Waals surface area contributed by atoms with Gasteiger partial charge in [-0.05, 0) is 62.3 Å². The van der Waals surface area contributed by atoms with Gasteiger partial charge in [0.25, 0.3) is 0 Å². The second-order valence-electron chi connectivity index (χ2n) is 6.61. The van der Waals surface area contributed by atoms with Crippen molar-refractivity contribution in [1.82, 2.24) is 4.90 Å². The van der Waals surface area contributed by atoms with Gasteiger partial charge < -0.3 is 29.7 Å². The molecule has 2 heterocycles. The predicted octanol–water partition coefficient (Wildman–Crippen LogP) is 4.26. The molecule has 0 saturated carbocycles. The zero-order chi connectivity index (χ0) is 22.4. The van der Waals surface area contributed by atoms with Crippen molar-refractivity contribution >= 4 is 51.4 Å². The largest absolute Gasteiger partial charge is 0.497 e. The number of thiocarbonyl (C=S) groups is 1. The average molecular weight is 464 g/mol. The minimum atomic E-state index is -0.403. The molecule has 8 nitrogen and oxygen atoms in total. The number of nitrogens with zero attached hydrogens (tertiary/aromatic N) is 1. The number of carbonyl (C=O) groups excluding carboxylic acids is 2. The molecule has 0 fully saturated rings. The lowest BCUT2D eigenvalue weighted by Crippen LogP contribution is -2.36. The highest BCUT2D eigenvalue weighted by Gasteiger charge is 2.31. The molecule has 0 bridgehead atoms. The first kappa shape index (κ1) is 22.8. The maximum absolute atomic E-state index is 12.7. The molecule has 0 saturated heterocycles. The molecule has 10 heteroatoms. The molecule has 0 atom stereocenters. The first-order chi connectivity index (χ1) is 15.0. The Bertz CT molecular complexity index is 959. The maximum Gasteiger partial charge on any atom is 0.410 e. The SMILES string of the molecule is CCOC(=O)c1c(NC(=S)Nc2ccc(OC)cc2)sc2c1CCN(C(=O)OCC)C2. The molecule has 0 aliphatic carbocycles. The Kier molecular flexibility index (Phi) is 7.69. The lowest BCUT2D eigenvalue weighted by atomic mass is 10.0. The molecule has 1 aliphatic rings. The van der Waals surface area contributed by atoms with Crippen LogP contribution in [0.25, 0.3) is 0 Å². The molecule has 3 rings (SSSR count).